The van der Waals surface area contributed by atoms with Gasteiger partial charge >= 0.3 is 5.97 Å². The number of fused-ring (bicyclic) bond motifs is 1. The van der Waals surface area contributed by atoms with E-state index in [9.17, 15) is 14.0 Å². The maximum atomic E-state index is 13.3. The number of hydrogen-bond acceptors (Lipinski definition) is 4. The molecule has 0 radical (unpaired) electrons. The van der Waals surface area contributed by atoms with Crippen LogP contribution in [0, 0.1) is 12.7 Å². The molecule has 1 amide bonds. The van der Waals surface area contributed by atoms with Crippen molar-refractivity contribution < 1.29 is 18.7 Å². The second kappa shape index (κ2) is 8.17. The summed E-state index contributed by atoms with van der Waals surface area (Å²) in [6.45, 7) is 3.61. The van der Waals surface area contributed by atoms with Crippen LogP contribution in [0.25, 0.3) is 10.9 Å². The summed E-state index contributed by atoms with van der Waals surface area (Å²) in [6, 6.07) is 15.3. The molecular weight excluding hydrogens is 359 g/mol. The Labute approximate surface area is 162 Å². The molecule has 0 aliphatic carbocycles. The fourth-order valence-corrected chi connectivity index (χ4v) is 2.96. The highest BCUT2D eigenvalue weighted by molar-refractivity contribution is 5.96. The van der Waals surface area contributed by atoms with Gasteiger partial charge in [0, 0.05) is 25.0 Å². The Morgan fingerprint density at radius 3 is 2.57 bits per heavy atom. The number of carbonyl (C=O) groups excluding carboxylic acids is 2. The molecule has 1 heterocycles. The Morgan fingerprint density at radius 1 is 1.14 bits per heavy atom. The number of benzene rings is 2. The molecule has 0 aliphatic rings. The number of aromatic nitrogens is 1. The second-order valence-electron chi connectivity index (χ2n) is 6.69. The predicted octanol–water partition coefficient (Wildman–Crippen LogP) is 3.89. The van der Waals surface area contributed by atoms with Crippen molar-refractivity contribution in [1.82, 2.24) is 9.88 Å². The van der Waals surface area contributed by atoms with E-state index < -0.39 is 17.9 Å². The molecule has 0 aliphatic heterocycles. The Morgan fingerprint density at radius 2 is 1.86 bits per heavy atom. The third-order valence-electron chi connectivity index (χ3n) is 4.46. The molecule has 1 unspecified atom stereocenters. The number of carbonyl (C=O) groups is 2. The van der Waals surface area contributed by atoms with Crippen LogP contribution in [-0.2, 0) is 16.1 Å². The lowest BCUT2D eigenvalue weighted by molar-refractivity contribution is -0.139. The van der Waals surface area contributed by atoms with Crippen molar-refractivity contribution in [3.63, 3.8) is 0 Å². The number of likely N-dealkylation sites (N-methyl/N-ethyl adjacent to an activating group) is 1. The summed E-state index contributed by atoms with van der Waals surface area (Å²) >= 11 is 0. The highest BCUT2D eigenvalue weighted by atomic mass is 19.1. The van der Waals surface area contributed by atoms with Crippen molar-refractivity contribution in [1.29, 1.82) is 0 Å². The molecule has 3 rings (SSSR count). The molecular formula is C22H21FN2O3. The average Bonchev–Trinajstić information content (AvgIpc) is 2.67. The molecule has 0 N–H and O–H groups in total. The van der Waals surface area contributed by atoms with E-state index in [0.29, 0.717) is 23.1 Å². The largest absolute Gasteiger partial charge is 0.449 e. The van der Waals surface area contributed by atoms with Crippen LogP contribution >= 0.6 is 0 Å². The van der Waals surface area contributed by atoms with Gasteiger partial charge in [0.2, 0.25) is 0 Å². The molecule has 3 aromatic rings. The summed E-state index contributed by atoms with van der Waals surface area (Å²) in [7, 11) is 1.66. The Kier molecular flexibility index (Phi) is 5.68. The smallest absolute Gasteiger partial charge is 0.340 e. The minimum Gasteiger partial charge on any atom is -0.449 e. The van der Waals surface area contributed by atoms with E-state index in [-0.39, 0.29) is 11.5 Å². The number of halogens is 1. The number of esters is 1. The molecule has 1 aromatic heterocycles. The van der Waals surface area contributed by atoms with Gasteiger partial charge in [-0.15, -0.1) is 0 Å². The molecule has 0 saturated carbocycles. The zero-order valence-corrected chi connectivity index (χ0v) is 16.0. The van der Waals surface area contributed by atoms with Gasteiger partial charge in [-0.05, 0) is 37.6 Å². The molecule has 0 saturated heterocycles. The first kappa shape index (κ1) is 19.5. The first-order valence-electron chi connectivity index (χ1n) is 8.92. The van der Waals surface area contributed by atoms with Crippen LogP contribution < -0.4 is 0 Å². The van der Waals surface area contributed by atoms with Crippen molar-refractivity contribution in [2.75, 3.05) is 7.05 Å². The number of ether oxygens (including phenoxy) is 1. The zero-order valence-electron chi connectivity index (χ0n) is 16.0. The number of hydrogen-bond donors (Lipinski definition) is 0. The number of aryl methyl sites for hydroxylation is 1. The molecule has 6 heteroatoms. The van der Waals surface area contributed by atoms with E-state index in [0.717, 1.165) is 5.56 Å². The molecule has 1 atom stereocenters. The van der Waals surface area contributed by atoms with Crippen LogP contribution in [0.15, 0.2) is 54.6 Å². The monoisotopic (exact) mass is 380 g/mol. The summed E-state index contributed by atoms with van der Waals surface area (Å²) in [4.78, 5) is 30.9. The van der Waals surface area contributed by atoms with Crippen molar-refractivity contribution in [2.45, 2.75) is 26.5 Å². The van der Waals surface area contributed by atoms with E-state index >= 15 is 0 Å². The van der Waals surface area contributed by atoms with Gasteiger partial charge < -0.3 is 9.64 Å². The van der Waals surface area contributed by atoms with E-state index in [1.807, 2.05) is 30.3 Å². The summed E-state index contributed by atoms with van der Waals surface area (Å²) in [5.74, 6) is -1.33. The first-order valence-corrected chi connectivity index (χ1v) is 8.92. The first-order chi connectivity index (χ1) is 13.3. The van der Waals surface area contributed by atoms with E-state index in [2.05, 4.69) is 4.98 Å². The number of pyridine rings is 1. The molecule has 28 heavy (non-hydrogen) atoms. The number of nitrogens with zero attached hydrogens (tertiary/aromatic N) is 2. The predicted molar refractivity (Wildman–Crippen MR) is 104 cm³/mol. The fraction of sp³-hybridized carbons (Fsp3) is 0.227. The normalized spacial score (nSPS) is 11.9. The standard InChI is InChI=1S/C22H21FN2O3/c1-14-19(11-17-9-10-18(23)12-20(17)24-14)22(27)28-15(2)21(26)25(3)13-16-7-5-4-6-8-16/h4-12,15H,13H2,1-3H3. The third-order valence-corrected chi connectivity index (χ3v) is 4.46. The maximum Gasteiger partial charge on any atom is 0.340 e. The van der Waals surface area contributed by atoms with E-state index in [1.165, 1.54) is 17.0 Å². The summed E-state index contributed by atoms with van der Waals surface area (Å²) in [5.41, 5.74) is 2.12. The quantitative estimate of drug-likeness (QED) is 0.630. The highest BCUT2D eigenvalue weighted by Crippen LogP contribution is 2.19. The molecule has 2 aromatic carbocycles. The third kappa shape index (κ3) is 4.34. The van der Waals surface area contributed by atoms with Gasteiger partial charge in [0.15, 0.2) is 6.10 Å². The molecule has 0 spiro atoms. The second-order valence-corrected chi connectivity index (χ2v) is 6.69. The lowest BCUT2D eigenvalue weighted by atomic mass is 10.1. The van der Waals surface area contributed by atoms with Crippen LogP contribution in [0.5, 0.6) is 0 Å². The van der Waals surface area contributed by atoms with Crippen LogP contribution in [-0.4, -0.2) is 34.9 Å². The van der Waals surface area contributed by atoms with Gasteiger partial charge in [-0.3, -0.25) is 9.78 Å². The average molecular weight is 380 g/mol. The zero-order chi connectivity index (χ0) is 20.3. The molecule has 5 nitrogen and oxygen atoms in total. The minimum atomic E-state index is -0.940. The van der Waals surface area contributed by atoms with Crippen LogP contribution in [0.4, 0.5) is 4.39 Å². The van der Waals surface area contributed by atoms with Crippen molar-refractivity contribution in [3.8, 4) is 0 Å². The summed E-state index contributed by atoms with van der Waals surface area (Å²) < 4.78 is 18.7. The molecule has 0 fully saturated rings. The topological polar surface area (TPSA) is 59.5 Å². The Balaban J connectivity index is 1.71. The van der Waals surface area contributed by atoms with Crippen molar-refractivity contribution in [2.24, 2.45) is 0 Å². The van der Waals surface area contributed by atoms with Crippen molar-refractivity contribution in [3.05, 3.63) is 77.2 Å². The van der Waals surface area contributed by atoms with E-state index in [1.54, 1.807) is 33.0 Å². The van der Waals surface area contributed by atoms with Gasteiger partial charge in [0.05, 0.1) is 16.8 Å². The SMILES string of the molecule is Cc1nc2cc(F)ccc2cc1C(=O)OC(C)C(=O)N(C)Cc1ccccc1. The number of rotatable bonds is 5. The van der Waals surface area contributed by atoms with Gasteiger partial charge in [-0.1, -0.05) is 30.3 Å². The molecule has 0 bridgehead atoms. The lowest BCUT2D eigenvalue weighted by Crippen LogP contribution is -2.37. The maximum absolute atomic E-state index is 13.3. The fourth-order valence-electron chi connectivity index (χ4n) is 2.96. The van der Waals surface area contributed by atoms with Crippen LogP contribution in [0.3, 0.4) is 0 Å². The summed E-state index contributed by atoms with van der Waals surface area (Å²) in [6.07, 6.45) is -0.940. The highest BCUT2D eigenvalue weighted by Gasteiger charge is 2.23. The lowest BCUT2D eigenvalue weighted by Gasteiger charge is -2.22. The Bertz CT molecular complexity index is 1020. The van der Waals surface area contributed by atoms with Crippen molar-refractivity contribution >= 4 is 22.8 Å². The minimum absolute atomic E-state index is 0.254. The van der Waals surface area contributed by atoms with Gasteiger partial charge in [-0.2, -0.15) is 0 Å². The van der Waals surface area contributed by atoms with Crippen LogP contribution in [0.1, 0.15) is 28.5 Å². The van der Waals surface area contributed by atoms with Crippen LogP contribution in [0.2, 0.25) is 0 Å². The summed E-state index contributed by atoms with van der Waals surface area (Å²) in [5, 5.41) is 0.624. The Hall–Kier alpha value is -3.28. The number of amides is 1. The van der Waals surface area contributed by atoms with Gasteiger partial charge in [0.1, 0.15) is 5.82 Å². The molecule has 144 valence electrons. The van der Waals surface area contributed by atoms with E-state index in [4.69, 9.17) is 4.74 Å². The van der Waals surface area contributed by atoms with Gasteiger partial charge in [0.25, 0.3) is 5.91 Å². The van der Waals surface area contributed by atoms with Gasteiger partial charge in [-0.25, -0.2) is 9.18 Å².